The van der Waals surface area contributed by atoms with Gasteiger partial charge in [0.25, 0.3) is 0 Å². The van der Waals surface area contributed by atoms with Crippen molar-refractivity contribution in [2.45, 2.75) is 79.2 Å². The molecule has 0 aromatic carbocycles. The largest absolute Gasteiger partial charge is 0.325 e. The van der Waals surface area contributed by atoms with Crippen molar-refractivity contribution in [1.82, 2.24) is 5.32 Å². The van der Waals surface area contributed by atoms with Crippen LogP contribution in [-0.4, -0.2) is 18.6 Å². The normalized spacial score (nSPS) is 16.0. The molecule has 0 amide bonds. The minimum Gasteiger partial charge on any atom is -0.325 e. The molecular weight excluding hydrogens is 220 g/mol. The maximum atomic E-state index is 6.34. The zero-order valence-corrected chi connectivity index (χ0v) is 13.6. The molecule has 0 aliphatic heterocycles. The molecule has 0 saturated carbocycles. The predicted octanol–water partition coefficient (Wildman–Crippen LogP) is 3.95. The molecule has 1 atom stereocenters. The fraction of sp³-hybridized carbons (Fsp3) is 1.00. The van der Waals surface area contributed by atoms with E-state index in [-0.39, 0.29) is 5.54 Å². The predicted molar refractivity (Wildman–Crippen MR) is 82.8 cm³/mol. The molecule has 3 N–H and O–H groups in total. The molecule has 110 valence electrons. The van der Waals surface area contributed by atoms with Gasteiger partial charge in [0, 0.05) is 5.54 Å². The average molecular weight is 256 g/mol. The summed E-state index contributed by atoms with van der Waals surface area (Å²) in [6.07, 6.45) is 6.03. The van der Waals surface area contributed by atoms with Crippen molar-refractivity contribution in [2.75, 3.05) is 13.1 Å². The summed E-state index contributed by atoms with van der Waals surface area (Å²) < 4.78 is 0. The molecule has 0 spiro atoms. The van der Waals surface area contributed by atoms with Gasteiger partial charge in [0.15, 0.2) is 0 Å². The highest BCUT2D eigenvalue weighted by molar-refractivity contribution is 4.79. The van der Waals surface area contributed by atoms with E-state index in [4.69, 9.17) is 5.73 Å². The zero-order chi connectivity index (χ0) is 14.2. The quantitative estimate of drug-likeness (QED) is 0.613. The highest BCUT2D eigenvalue weighted by atomic mass is 14.9. The minimum absolute atomic E-state index is 0.0261. The van der Waals surface area contributed by atoms with Gasteiger partial charge in [0.05, 0.1) is 0 Å². The minimum atomic E-state index is 0.0261. The fourth-order valence-electron chi connectivity index (χ4n) is 2.12. The molecule has 0 bridgehead atoms. The molecule has 2 heteroatoms. The highest BCUT2D eigenvalue weighted by Crippen LogP contribution is 2.19. The molecule has 0 aromatic rings. The molecule has 0 fully saturated rings. The summed E-state index contributed by atoms with van der Waals surface area (Å²) in [6, 6.07) is 0. The zero-order valence-electron chi connectivity index (χ0n) is 13.6. The van der Waals surface area contributed by atoms with Gasteiger partial charge in [0.1, 0.15) is 0 Å². The first-order valence-electron chi connectivity index (χ1n) is 7.62. The van der Waals surface area contributed by atoms with Gasteiger partial charge in [-0.2, -0.15) is 0 Å². The summed E-state index contributed by atoms with van der Waals surface area (Å²) >= 11 is 0. The number of hydrogen-bond acceptors (Lipinski definition) is 2. The lowest BCUT2D eigenvalue weighted by atomic mass is 9.89. The highest BCUT2D eigenvalue weighted by Gasteiger charge is 2.17. The summed E-state index contributed by atoms with van der Waals surface area (Å²) in [4.78, 5) is 0. The van der Waals surface area contributed by atoms with Gasteiger partial charge in [-0.25, -0.2) is 0 Å². The Labute approximate surface area is 115 Å². The lowest BCUT2D eigenvalue weighted by Gasteiger charge is -2.25. The summed E-state index contributed by atoms with van der Waals surface area (Å²) in [6.45, 7) is 15.7. The Hall–Kier alpha value is -0.0800. The number of rotatable bonds is 9. The van der Waals surface area contributed by atoms with Gasteiger partial charge in [-0.3, -0.25) is 0 Å². The van der Waals surface area contributed by atoms with Crippen molar-refractivity contribution in [3.63, 3.8) is 0 Å². The Kier molecular flexibility index (Phi) is 8.13. The van der Waals surface area contributed by atoms with Crippen molar-refractivity contribution in [3.05, 3.63) is 0 Å². The SMILES string of the molecule is CC(C)CCCC(C)(N)CCCNCC(C)(C)C. The third-order valence-corrected chi connectivity index (χ3v) is 3.29. The average Bonchev–Trinajstić information content (AvgIpc) is 2.13. The van der Waals surface area contributed by atoms with Crippen LogP contribution in [0.25, 0.3) is 0 Å². The third-order valence-electron chi connectivity index (χ3n) is 3.29. The van der Waals surface area contributed by atoms with Gasteiger partial charge >= 0.3 is 0 Å². The van der Waals surface area contributed by atoms with E-state index < -0.39 is 0 Å². The number of nitrogens with two attached hydrogens (primary N) is 1. The summed E-state index contributed by atoms with van der Waals surface area (Å²) in [7, 11) is 0. The molecule has 0 radical (unpaired) electrons. The Balaban J connectivity index is 3.58. The van der Waals surface area contributed by atoms with Crippen molar-refractivity contribution in [3.8, 4) is 0 Å². The summed E-state index contributed by atoms with van der Waals surface area (Å²) in [5.74, 6) is 0.800. The molecule has 0 aliphatic rings. The lowest BCUT2D eigenvalue weighted by Crippen LogP contribution is -2.37. The molecule has 0 heterocycles. The van der Waals surface area contributed by atoms with Gasteiger partial charge in [-0.05, 0) is 50.6 Å². The molecule has 0 aromatic heterocycles. The monoisotopic (exact) mass is 256 g/mol. The summed E-state index contributed by atoms with van der Waals surface area (Å²) in [5, 5.41) is 3.52. The first kappa shape index (κ1) is 17.9. The molecule has 2 nitrogen and oxygen atoms in total. The van der Waals surface area contributed by atoms with Crippen molar-refractivity contribution in [1.29, 1.82) is 0 Å². The van der Waals surface area contributed by atoms with E-state index in [1.54, 1.807) is 0 Å². The van der Waals surface area contributed by atoms with Crippen molar-refractivity contribution in [2.24, 2.45) is 17.1 Å². The second kappa shape index (κ2) is 8.16. The van der Waals surface area contributed by atoms with E-state index >= 15 is 0 Å². The van der Waals surface area contributed by atoms with Crippen LogP contribution in [0.3, 0.4) is 0 Å². The van der Waals surface area contributed by atoms with Gasteiger partial charge in [-0.15, -0.1) is 0 Å². The van der Waals surface area contributed by atoms with Crippen molar-refractivity contribution < 1.29 is 0 Å². The van der Waals surface area contributed by atoms with E-state index in [2.05, 4.69) is 46.9 Å². The standard InChI is InChI=1S/C16H36N2/c1-14(2)9-7-10-16(6,17)11-8-12-18-13-15(3,4)5/h14,18H,7-13,17H2,1-6H3. The van der Waals surface area contributed by atoms with Crippen LogP contribution >= 0.6 is 0 Å². The molecule has 18 heavy (non-hydrogen) atoms. The second-order valence-corrected chi connectivity index (χ2v) is 7.78. The van der Waals surface area contributed by atoms with E-state index in [0.29, 0.717) is 5.41 Å². The third kappa shape index (κ3) is 12.4. The molecule has 1 unspecified atom stereocenters. The Morgan fingerprint density at radius 1 is 1.00 bits per heavy atom. The van der Waals surface area contributed by atoms with E-state index in [9.17, 15) is 0 Å². The molecule has 0 saturated heterocycles. The van der Waals surface area contributed by atoms with Crippen LogP contribution in [0.15, 0.2) is 0 Å². The van der Waals surface area contributed by atoms with Crippen LogP contribution in [0.4, 0.5) is 0 Å². The van der Waals surface area contributed by atoms with Gasteiger partial charge in [0.2, 0.25) is 0 Å². The van der Waals surface area contributed by atoms with Crippen LogP contribution in [-0.2, 0) is 0 Å². The van der Waals surface area contributed by atoms with E-state index in [1.807, 2.05) is 0 Å². The van der Waals surface area contributed by atoms with Crippen LogP contribution < -0.4 is 11.1 Å². The first-order chi connectivity index (χ1) is 8.12. The van der Waals surface area contributed by atoms with Crippen LogP contribution in [0.1, 0.15) is 73.6 Å². The molecule has 0 rings (SSSR count). The van der Waals surface area contributed by atoms with Crippen LogP contribution in [0.5, 0.6) is 0 Å². The summed E-state index contributed by atoms with van der Waals surface area (Å²) in [5.41, 5.74) is 6.75. The Bertz CT molecular complexity index is 202. The topological polar surface area (TPSA) is 38.0 Å². The first-order valence-corrected chi connectivity index (χ1v) is 7.62. The molecular formula is C16H36N2. The fourth-order valence-corrected chi connectivity index (χ4v) is 2.12. The van der Waals surface area contributed by atoms with Crippen LogP contribution in [0.2, 0.25) is 0 Å². The van der Waals surface area contributed by atoms with Gasteiger partial charge < -0.3 is 11.1 Å². The molecule has 0 aliphatic carbocycles. The maximum Gasteiger partial charge on any atom is 0.0126 e. The van der Waals surface area contributed by atoms with Crippen LogP contribution in [0, 0.1) is 11.3 Å². The van der Waals surface area contributed by atoms with E-state index in [1.165, 1.54) is 19.3 Å². The maximum absolute atomic E-state index is 6.34. The number of hydrogen-bond donors (Lipinski definition) is 2. The smallest absolute Gasteiger partial charge is 0.0126 e. The van der Waals surface area contributed by atoms with Crippen molar-refractivity contribution >= 4 is 0 Å². The van der Waals surface area contributed by atoms with Gasteiger partial charge in [-0.1, -0.05) is 47.5 Å². The second-order valence-electron chi connectivity index (χ2n) is 7.78. The number of nitrogens with one attached hydrogen (secondary N) is 1. The Morgan fingerprint density at radius 2 is 1.56 bits per heavy atom. The van der Waals surface area contributed by atoms with E-state index in [0.717, 1.165) is 31.8 Å². The lowest BCUT2D eigenvalue weighted by molar-refractivity contribution is 0.344. The Morgan fingerprint density at radius 3 is 2.06 bits per heavy atom.